The predicted molar refractivity (Wildman–Crippen MR) is 153 cm³/mol. The first kappa shape index (κ1) is 26.8. The third kappa shape index (κ3) is 5.82. The first-order chi connectivity index (χ1) is 18.3. The van der Waals surface area contributed by atoms with Crippen molar-refractivity contribution in [2.24, 2.45) is 0 Å². The van der Waals surface area contributed by atoms with E-state index in [4.69, 9.17) is 14.5 Å². The number of para-hydroxylation sites is 1. The van der Waals surface area contributed by atoms with Crippen molar-refractivity contribution in [3.63, 3.8) is 0 Å². The van der Waals surface area contributed by atoms with Crippen molar-refractivity contribution >= 4 is 23.4 Å². The van der Waals surface area contributed by atoms with Gasteiger partial charge in [-0.25, -0.2) is 4.98 Å². The van der Waals surface area contributed by atoms with Crippen molar-refractivity contribution in [2.75, 3.05) is 19.5 Å². The van der Waals surface area contributed by atoms with Crippen LogP contribution in [0, 0.1) is 25.2 Å². The van der Waals surface area contributed by atoms with Crippen LogP contribution in [0.1, 0.15) is 23.6 Å². The topological polar surface area (TPSA) is 84.2 Å². The van der Waals surface area contributed by atoms with Crippen molar-refractivity contribution in [1.29, 1.82) is 5.26 Å². The zero-order valence-corrected chi connectivity index (χ0v) is 22.8. The number of benzene rings is 3. The minimum atomic E-state index is -0.499. The van der Waals surface area contributed by atoms with Gasteiger partial charge >= 0.3 is 0 Å². The quantitative estimate of drug-likeness (QED) is 0.249. The van der Waals surface area contributed by atoms with E-state index >= 15 is 0 Å². The van der Waals surface area contributed by atoms with E-state index in [1.807, 2.05) is 93.6 Å². The van der Waals surface area contributed by atoms with E-state index in [1.54, 1.807) is 14.2 Å². The van der Waals surface area contributed by atoms with Gasteiger partial charge < -0.3 is 14.8 Å². The third-order valence-electron chi connectivity index (χ3n) is 6.20. The average molecular weight is 524 g/mol. The number of nitrogens with zero attached hydrogens (tertiary/aromatic N) is 2. The number of hydrogen-bond donors (Lipinski definition) is 1. The number of pyridine rings is 1. The van der Waals surface area contributed by atoms with E-state index in [0.29, 0.717) is 33.3 Å². The molecular weight excluding hydrogens is 494 g/mol. The second-order valence-electron chi connectivity index (χ2n) is 8.85. The SMILES string of the molecule is COc1ccc(-c2cc(-c3ccc(C)cc3)nc(S[C@H](C)C(=O)Nc3ccccc3C)c2C#N)cc1OC. The number of anilines is 1. The number of aromatic nitrogens is 1. The van der Waals surface area contributed by atoms with Gasteiger partial charge in [0.25, 0.3) is 0 Å². The summed E-state index contributed by atoms with van der Waals surface area (Å²) in [7, 11) is 3.16. The summed E-state index contributed by atoms with van der Waals surface area (Å²) < 4.78 is 10.9. The lowest BCUT2D eigenvalue weighted by Crippen LogP contribution is -2.23. The van der Waals surface area contributed by atoms with Crippen LogP contribution in [-0.4, -0.2) is 30.4 Å². The molecule has 0 saturated carbocycles. The van der Waals surface area contributed by atoms with Crippen LogP contribution in [0.4, 0.5) is 5.69 Å². The van der Waals surface area contributed by atoms with E-state index in [-0.39, 0.29) is 5.91 Å². The molecule has 0 spiro atoms. The van der Waals surface area contributed by atoms with Gasteiger partial charge in [0.2, 0.25) is 5.91 Å². The maximum absolute atomic E-state index is 13.1. The first-order valence-corrected chi connectivity index (χ1v) is 13.0. The Kier molecular flexibility index (Phi) is 8.35. The molecule has 0 bridgehead atoms. The molecule has 1 amide bonds. The molecule has 1 heterocycles. The molecule has 0 aliphatic heterocycles. The van der Waals surface area contributed by atoms with E-state index in [9.17, 15) is 10.1 Å². The van der Waals surface area contributed by atoms with Crippen LogP contribution in [0.25, 0.3) is 22.4 Å². The summed E-state index contributed by atoms with van der Waals surface area (Å²) in [6.45, 7) is 5.79. The van der Waals surface area contributed by atoms with Crippen molar-refractivity contribution in [3.8, 4) is 40.0 Å². The minimum Gasteiger partial charge on any atom is -0.493 e. The summed E-state index contributed by atoms with van der Waals surface area (Å²) >= 11 is 1.26. The molecule has 0 radical (unpaired) electrons. The highest BCUT2D eigenvalue weighted by Crippen LogP contribution is 2.39. The van der Waals surface area contributed by atoms with Gasteiger partial charge in [-0.05, 0) is 56.2 Å². The largest absolute Gasteiger partial charge is 0.493 e. The number of thioether (sulfide) groups is 1. The second-order valence-corrected chi connectivity index (χ2v) is 10.2. The van der Waals surface area contributed by atoms with Gasteiger partial charge in [0.05, 0.1) is 30.7 Å². The van der Waals surface area contributed by atoms with E-state index in [0.717, 1.165) is 27.9 Å². The van der Waals surface area contributed by atoms with Crippen LogP contribution in [0.15, 0.2) is 77.8 Å². The van der Waals surface area contributed by atoms with Gasteiger partial charge in [0.15, 0.2) is 11.5 Å². The highest BCUT2D eigenvalue weighted by molar-refractivity contribution is 8.00. The van der Waals surface area contributed by atoms with Crippen LogP contribution in [0.5, 0.6) is 11.5 Å². The number of aryl methyl sites for hydroxylation is 2. The number of methoxy groups -OCH3 is 2. The molecule has 0 aliphatic rings. The van der Waals surface area contributed by atoms with Crippen LogP contribution in [0.2, 0.25) is 0 Å². The molecule has 4 aromatic rings. The summed E-state index contributed by atoms with van der Waals surface area (Å²) in [5, 5.41) is 13.2. The summed E-state index contributed by atoms with van der Waals surface area (Å²) in [4.78, 5) is 18.0. The van der Waals surface area contributed by atoms with Crippen molar-refractivity contribution in [3.05, 3.63) is 89.5 Å². The second kappa shape index (κ2) is 11.8. The number of carbonyl (C=O) groups excluding carboxylic acids is 1. The Labute approximate surface area is 227 Å². The number of hydrogen-bond acceptors (Lipinski definition) is 6. The molecule has 1 N–H and O–H groups in total. The monoisotopic (exact) mass is 523 g/mol. The van der Waals surface area contributed by atoms with Crippen LogP contribution in [0.3, 0.4) is 0 Å². The fourth-order valence-electron chi connectivity index (χ4n) is 3.99. The maximum atomic E-state index is 13.1. The Balaban J connectivity index is 1.79. The van der Waals surface area contributed by atoms with E-state index < -0.39 is 5.25 Å². The van der Waals surface area contributed by atoms with Gasteiger partial charge in [-0.3, -0.25) is 4.79 Å². The molecule has 3 aromatic carbocycles. The predicted octanol–water partition coefficient (Wildman–Crippen LogP) is 7.04. The fraction of sp³-hybridized carbons (Fsp3) is 0.194. The fourth-order valence-corrected chi connectivity index (χ4v) is 4.91. The molecule has 0 saturated heterocycles. The molecule has 1 aromatic heterocycles. The minimum absolute atomic E-state index is 0.164. The molecule has 1 atom stereocenters. The number of ether oxygens (including phenoxy) is 2. The Bertz CT molecular complexity index is 1510. The molecule has 0 fully saturated rings. The molecule has 0 unspecified atom stereocenters. The van der Waals surface area contributed by atoms with Gasteiger partial charge in [-0.2, -0.15) is 5.26 Å². The zero-order chi connectivity index (χ0) is 27.2. The highest BCUT2D eigenvalue weighted by atomic mass is 32.2. The summed E-state index contributed by atoms with van der Waals surface area (Å²) in [5.74, 6) is 0.991. The molecule has 0 aliphatic carbocycles. The lowest BCUT2D eigenvalue weighted by molar-refractivity contribution is -0.115. The Hall–Kier alpha value is -4.28. The zero-order valence-electron chi connectivity index (χ0n) is 22.0. The van der Waals surface area contributed by atoms with E-state index in [1.165, 1.54) is 11.8 Å². The number of nitriles is 1. The summed E-state index contributed by atoms with van der Waals surface area (Å²) in [6, 6.07) is 25.5. The maximum Gasteiger partial charge on any atom is 0.237 e. The Morgan fingerprint density at radius 2 is 1.63 bits per heavy atom. The average Bonchev–Trinajstić information content (AvgIpc) is 2.93. The molecule has 6 nitrogen and oxygen atoms in total. The van der Waals surface area contributed by atoms with Gasteiger partial charge in [0, 0.05) is 16.8 Å². The number of amides is 1. The molecule has 38 heavy (non-hydrogen) atoms. The van der Waals surface area contributed by atoms with Gasteiger partial charge in [0.1, 0.15) is 11.1 Å². The summed E-state index contributed by atoms with van der Waals surface area (Å²) in [6.07, 6.45) is 0. The standard InChI is InChI=1S/C31H29N3O3S/c1-19-10-12-22(13-11-19)27-17-24(23-14-15-28(36-4)29(16-23)37-5)25(18-32)31(34-27)38-21(3)30(35)33-26-9-7-6-8-20(26)2/h6-17,21H,1-5H3,(H,33,35)/t21-/m1/s1. The van der Waals surface area contributed by atoms with Crippen LogP contribution in [-0.2, 0) is 4.79 Å². The normalized spacial score (nSPS) is 11.4. The Morgan fingerprint density at radius 1 is 0.947 bits per heavy atom. The lowest BCUT2D eigenvalue weighted by atomic mass is 9.98. The third-order valence-corrected chi connectivity index (χ3v) is 7.29. The Morgan fingerprint density at radius 3 is 2.29 bits per heavy atom. The summed E-state index contributed by atoms with van der Waals surface area (Å²) in [5.41, 5.74) is 6.39. The number of nitrogens with one attached hydrogen (secondary N) is 1. The van der Waals surface area contributed by atoms with Crippen LogP contribution < -0.4 is 14.8 Å². The molecule has 7 heteroatoms. The molecular formula is C31H29N3O3S. The van der Waals surface area contributed by atoms with E-state index in [2.05, 4.69) is 11.4 Å². The van der Waals surface area contributed by atoms with Gasteiger partial charge in [-0.15, -0.1) is 0 Å². The lowest BCUT2D eigenvalue weighted by Gasteiger charge is -2.17. The number of rotatable bonds is 8. The molecule has 192 valence electrons. The van der Waals surface area contributed by atoms with Crippen LogP contribution >= 0.6 is 11.8 Å². The van der Waals surface area contributed by atoms with Crippen molar-refractivity contribution < 1.29 is 14.3 Å². The smallest absolute Gasteiger partial charge is 0.237 e. The van der Waals surface area contributed by atoms with Crippen molar-refractivity contribution in [2.45, 2.75) is 31.0 Å². The highest BCUT2D eigenvalue weighted by Gasteiger charge is 2.22. The van der Waals surface area contributed by atoms with Crippen molar-refractivity contribution in [1.82, 2.24) is 4.98 Å². The first-order valence-electron chi connectivity index (χ1n) is 12.1. The van der Waals surface area contributed by atoms with Gasteiger partial charge in [-0.1, -0.05) is 65.9 Å². The number of carbonyl (C=O) groups is 1. The molecule has 4 rings (SSSR count).